The number of halogens is 5. The van der Waals surface area contributed by atoms with E-state index in [4.69, 9.17) is 5.73 Å². The minimum atomic E-state index is -4.86. The Morgan fingerprint density at radius 2 is 1.78 bits per heavy atom. The molecule has 32 heavy (non-hydrogen) atoms. The summed E-state index contributed by atoms with van der Waals surface area (Å²) in [6, 6.07) is 11.4. The molecule has 11 heteroatoms. The largest absolute Gasteiger partial charge is 0.430 e. The lowest BCUT2D eigenvalue weighted by atomic mass is 10.2. The van der Waals surface area contributed by atoms with E-state index in [9.17, 15) is 30.4 Å². The standard InChI is InChI=1S/C21H15F5N2O2S2/c1-32(29,30)14-4-2-3-12(9-14)18-7-8-19(31-18)17(11-20(27)21(24,25)26)28-16-10-13(22)5-6-15(16)23/h2-11H,27H2,1H3/b20-11-,28-17?. The number of nitrogens with zero attached hydrogens (tertiary/aromatic N) is 1. The number of thiophene rings is 1. The molecule has 0 bridgehead atoms. The van der Waals surface area contributed by atoms with Gasteiger partial charge in [0.2, 0.25) is 0 Å². The summed E-state index contributed by atoms with van der Waals surface area (Å²) in [4.78, 5) is 4.64. The third-order valence-electron chi connectivity index (χ3n) is 4.17. The molecule has 0 unspecified atom stereocenters. The first kappa shape index (κ1) is 23.6. The van der Waals surface area contributed by atoms with E-state index in [2.05, 4.69) is 4.99 Å². The van der Waals surface area contributed by atoms with E-state index >= 15 is 0 Å². The van der Waals surface area contributed by atoms with Gasteiger partial charge in [-0.25, -0.2) is 22.2 Å². The minimum absolute atomic E-state index is 0.0712. The van der Waals surface area contributed by atoms with Gasteiger partial charge in [-0.05, 0) is 48.0 Å². The molecule has 1 aromatic heterocycles. The maximum atomic E-state index is 14.0. The molecular formula is C21H15F5N2O2S2. The molecule has 1 heterocycles. The monoisotopic (exact) mass is 486 g/mol. The highest BCUT2D eigenvalue weighted by atomic mass is 32.2. The smallest absolute Gasteiger partial charge is 0.395 e. The molecule has 0 fully saturated rings. The van der Waals surface area contributed by atoms with Crippen LogP contribution in [0.5, 0.6) is 0 Å². The highest BCUT2D eigenvalue weighted by Crippen LogP contribution is 2.32. The quantitative estimate of drug-likeness (QED) is 0.376. The summed E-state index contributed by atoms with van der Waals surface area (Å²) >= 11 is 0.986. The Hall–Kier alpha value is -3.05. The number of aliphatic imine (C=N–C) groups is 1. The lowest BCUT2D eigenvalue weighted by Gasteiger charge is -2.08. The number of allylic oxidation sites excluding steroid dienone is 2. The van der Waals surface area contributed by atoms with Gasteiger partial charge in [0, 0.05) is 17.2 Å². The highest BCUT2D eigenvalue weighted by Gasteiger charge is 2.32. The Morgan fingerprint density at radius 3 is 2.44 bits per heavy atom. The fourth-order valence-electron chi connectivity index (χ4n) is 2.60. The Morgan fingerprint density at radius 1 is 1.06 bits per heavy atom. The van der Waals surface area contributed by atoms with Crippen LogP contribution < -0.4 is 5.73 Å². The number of benzene rings is 2. The second kappa shape index (κ2) is 8.83. The normalized spacial score (nSPS) is 13.4. The van der Waals surface area contributed by atoms with Gasteiger partial charge < -0.3 is 5.73 Å². The summed E-state index contributed by atoms with van der Waals surface area (Å²) in [6.45, 7) is 0. The fourth-order valence-corrected chi connectivity index (χ4v) is 4.23. The van der Waals surface area contributed by atoms with Crippen molar-refractivity contribution in [1.29, 1.82) is 0 Å². The van der Waals surface area contributed by atoms with Crippen molar-refractivity contribution < 1.29 is 30.4 Å². The number of hydrogen-bond acceptors (Lipinski definition) is 5. The zero-order chi connectivity index (χ0) is 23.7. The van der Waals surface area contributed by atoms with E-state index in [0.717, 1.165) is 35.8 Å². The van der Waals surface area contributed by atoms with E-state index in [1.165, 1.54) is 24.3 Å². The van der Waals surface area contributed by atoms with Crippen LogP contribution in [0.15, 0.2) is 76.3 Å². The first-order chi connectivity index (χ1) is 14.8. The minimum Gasteiger partial charge on any atom is -0.395 e. The van der Waals surface area contributed by atoms with Crippen LogP contribution in [0.2, 0.25) is 0 Å². The second-order valence-electron chi connectivity index (χ2n) is 6.65. The van der Waals surface area contributed by atoms with Gasteiger partial charge in [0.15, 0.2) is 9.84 Å². The van der Waals surface area contributed by atoms with Gasteiger partial charge in [0.05, 0.1) is 15.5 Å². The van der Waals surface area contributed by atoms with Gasteiger partial charge >= 0.3 is 6.18 Å². The Balaban J connectivity index is 2.12. The average molecular weight is 486 g/mol. The van der Waals surface area contributed by atoms with Crippen LogP contribution in [0.25, 0.3) is 10.4 Å². The summed E-state index contributed by atoms with van der Waals surface area (Å²) in [5, 5.41) is 0. The molecule has 3 rings (SSSR count). The zero-order valence-corrected chi connectivity index (χ0v) is 18.0. The fraction of sp³-hybridized carbons (Fsp3) is 0.0952. The molecule has 4 nitrogen and oxygen atoms in total. The predicted molar refractivity (Wildman–Crippen MR) is 114 cm³/mol. The summed E-state index contributed by atoms with van der Waals surface area (Å²) in [7, 11) is -3.47. The average Bonchev–Trinajstić information content (AvgIpc) is 3.19. The number of hydrogen-bond donors (Lipinski definition) is 1. The van der Waals surface area contributed by atoms with Gasteiger partial charge in [-0.2, -0.15) is 13.2 Å². The number of rotatable bonds is 5. The van der Waals surface area contributed by atoms with Crippen molar-refractivity contribution in [3.8, 4) is 10.4 Å². The predicted octanol–water partition coefficient (Wildman–Crippen LogP) is 5.62. The molecule has 0 atom stereocenters. The molecule has 0 saturated carbocycles. The third-order valence-corrected chi connectivity index (χ3v) is 6.44. The van der Waals surface area contributed by atoms with Gasteiger partial charge in [0.1, 0.15) is 23.0 Å². The Bertz CT molecular complexity index is 1330. The Kier molecular flexibility index (Phi) is 6.51. The van der Waals surface area contributed by atoms with Crippen molar-refractivity contribution in [2.24, 2.45) is 10.7 Å². The molecule has 3 aromatic rings. The maximum Gasteiger partial charge on any atom is 0.430 e. The topological polar surface area (TPSA) is 72.5 Å². The van der Waals surface area contributed by atoms with Crippen LogP contribution >= 0.6 is 11.3 Å². The van der Waals surface area contributed by atoms with Gasteiger partial charge in [0.25, 0.3) is 0 Å². The van der Waals surface area contributed by atoms with Crippen molar-refractivity contribution in [3.05, 3.63) is 82.9 Å². The van der Waals surface area contributed by atoms with E-state index in [-0.39, 0.29) is 15.5 Å². The molecule has 0 aliphatic rings. The third kappa shape index (κ3) is 5.60. The van der Waals surface area contributed by atoms with Crippen LogP contribution in [-0.4, -0.2) is 26.6 Å². The molecule has 2 N–H and O–H groups in total. The molecule has 0 amide bonds. The van der Waals surface area contributed by atoms with E-state index < -0.39 is 39.0 Å². The number of sulfone groups is 1. The number of nitrogens with two attached hydrogens (primary N) is 1. The SMILES string of the molecule is CS(=O)(=O)c1cccc(-c2ccc(C(/C=C(\N)C(F)(F)F)=Nc3cc(F)ccc3F)s2)c1. The zero-order valence-electron chi connectivity index (χ0n) is 16.3. The first-order valence-corrected chi connectivity index (χ1v) is 11.5. The number of alkyl halides is 3. The van der Waals surface area contributed by atoms with Crippen molar-refractivity contribution in [2.75, 3.05) is 6.26 Å². The lowest BCUT2D eigenvalue weighted by molar-refractivity contribution is -0.0925. The lowest BCUT2D eigenvalue weighted by Crippen LogP contribution is -2.20. The molecule has 0 aliphatic carbocycles. The van der Waals surface area contributed by atoms with E-state index in [1.807, 2.05) is 0 Å². The summed E-state index contributed by atoms with van der Waals surface area (Å²) in [6.07, 6.45) is -3.27. The summed E-state index contributed by atoms with van der Waals surface area (Å²) in [5.74, 6) is -1.75. The molecular weight excluding hydrogens is 471 g/mol. The molecule has 168 valence electrons. The van der Waals surface area contributed by atoms with E-state index in [0.29, 0.717) is 16.5 Å². The van der Waals surface area contributed by atoms with Gasteiger partial charge in [-0.1, -0.05) is 12.1 Å². The first-order valence-electron chi connectivity index (χ1n) is 8.83. The van der Waals surface area contributed by atoms with Crippen LogP contribution in [0.3, 0.4) is 0 Å². The highest BCUT2D eigenvalue weighted by molar-refractivity contribution is 7.90. The molecule has 2 aromatic carbocycles. The van der Waals surface area contributed by atoms with Crippen molar-refractivity contribution >= 4 is 32.6 Å². The maximum absolute atomic E-state index is 14.0. The van der Waals surface area contributed by atoms with Crippen LogP contribution in [-0.2, 0) is 9.84 Å². The second-order valence-corrected chi connectivity index (χ2v) is 9.75. The van der Waals surface area contributed by atoms with Crippen molar-refractivity contribution in [3.63, 3.8) is 0 Å². The summed E-state index contributed by atoms with van der Waals surface area (Å²) in [5.41, 5.74) is 3.33. The molecule has 0 aliphatic heterocycles. The van der Waals surface area contributed by atoms with Crippen LogP contribution in [0, 0.1) is 11.6 Å². The van der Waals surface area contributed by atoms with Crippen LogP contribution in [0.4, 0.5) is 27.6 Å². The van der Waals surface area contributed by atoms with Crippen molar-refractivity contribution in [2.45, 2.75) is 11.1 Å². The Labute approximate surface area is 184 Å². The molecule has 0 radical (unpaired) electrons. The summed E-state index contributed by atoms with van der Waals surface area (Å²) < 4.78 is 90.1. The van der Waals surface area contributed by atoms with Gasteiger partial charge in [-0.3, -0.25) is 0 Å². The molecule has 0 spiro atoms. The van der Waals surface area contributed by atoms with Gasteiger partial charge in [-0.15, -0.1) is 11.3 Å². The van der Waals surface area contributed by atoms with Crippen LogP contribution in [0.1, 0.15) is 4.88 Å². The van der Waals surface area contributed by atoms with E-state index in [1.54, 1.807) is 12.1 Å². The molecule has 0 saturated heterocycles. The van der Waals surface area contributed by atoms with Crippen molar-refractivity contribution in [1.82, 2.24) is 0 Å².